The fraction of sp³-hybridized carbons (Fsp3) is 0. The molecule has 0 aliphatic heterocycles. The van der Waals surface area contributed by atoms with Gasteiger partial charge in [-0.25, -0.2) is 4.39 Å². The van der Waals surface area contributed by atoms with E-state index < -0.39 is 5.82 Å². The highest BCUT2D eigenvalue weighted by Gasteiger charge is 2.05. The van der Waals surface area contributed by atoms with Gasteiger partial charge < -0.3 is 5.32 Å². The molecule has 0 amide bonds. The fourth-order valence-corrected chi connectivity index (χ4v) is 1.75. The zero-order chi connectivity index (χ0) is 13.1. The van der Waals surface area contributed by atoms with Gasteiger partial charge in [-0.2, -0.15) is 5.26 Å². The van der Waals surface area contributed by atoms with Gasteiger partial charge in [0, 0.05) is 5.69 Å². The topological polar surface area (TPSA) is 35.8 Å². The molecule has 0 spiro atoms. The van der Waals surface area contributed by atoms with Crippen LogP contribution in [0.3, 0.4) is 0 Å². The molecule has 0 atom stereocenters. The Morgan fingerprint density at radius 1 is 1.06 bits per heavy atom. The number of benzene rings is 2. The summed E-state index contributed by atoms with van der Waals surface area (Å²) < 4.78 is 13.0. The molecule has 2 rings (SSSR count). The van der Waals surface area contributed by atoms with Crippen molar-refractivity contribution >= 4 is 34.6 Å². The quantitative estimate of drug-likeness (QED) is 0.862. The van der Waals surface area contributed by atoms with E-state index in [1.54, 1.807) is 18.2 Å². The van der Waals surface area contributed by atoms with Crippen LogP contribution in [0.5, 0.6) is 0 Å². The van der Waals surface area contributed by atoms with Crippen LogP contribution >= 0.6 is 23.2 Å². The van der Waals surface area contributed by atoms with E-state index in [0.29, 0.717) is 21.4 Å². The lowest BCUT2D eigenvalue weighted by Crippen LogP contribution is -1.94. The molecule has 0 bridgehead atoms. The van der Waals surface area contributed by atoms with E-state index in [4.69, 9.17) is 28.5 Å². The molecule has 5 heteroatoms. The van der Waals surface area contributed by atoms with Gasteiger partial charge in [0.05, 0.1) is 21.3 Å². The van der Waals surface area contributed by atoms with E-state index in [9.17, 15) is 4.39 Å². The molecule has 0 aliphatic rings. The number of rotatable bonds is 2. The zero-order valence-corrected chi connectivity index (χ0v) is 10.6. The molecule has 2 nitrogen and oxygen atoms in total. The first-order chi connectivity index (χ1) is 8.60. The first-order valence-electron chi connectivity index (χ1n) is 5.02. The lowest BCUT2D eigenvalue weighted by atomic mass is 10.2. The SMILES string of the molecule is N#Cc1cc(F)ccc1Nc1ccc(Cl)c(Cl)c1. The van der Waals surface area contributed by atoms with Crippen LogP contribution in [0.25, 0.3) is 0 Å². The number of hydrogen-bond donors (Lipinski definition) is 1. The predicted molar refractivity (Wildman–Crippen MR) is 70.9 cm³/mol. The van der Waals surface area contributed by atoms with E-state index in [1.165, 1.54) is 18.2 Å². The molecule has 2 aromatic rings. The van der Waals surface area contributed by atoms with Gasteiger partial charge in [0.1, 0.15) is 11.9 Å². The van der Waals surface area contributed by atoms with Crippen molar-refractivity contribution in [1.29, 1.82) is 5.26 Å². The van der Waals surface area contributed by atoms with Crippen molar-refractivity contribution < 1.29 is 4.39 Å². The van der Waals surface area contributed by atoms with Crippen LogP contribution in [-0.4, -0.2) is 0 Å². The number of hydrogen-bond acceptors (Lipinski definition) is 2. The molecule has 1 N–H and O–H groups in total. The summed E-state index contributed by atoms with van der Waals surface area (Å²) in [4.78, 5) is 0. The van der Waals surface area contributed by atoms with E-state index in [2.05, 4.69) is 5.32 Å². The van der Waals surface area contributed by atoms with Gasteiger partial charge in [0.2, 0.25) is 0 Å². The van der Waals surface area contributed by atoms with Gasteiger partial charge in [-0.15, -0.1) is 0 Å². The molecule has 90 valence electrons. The van der Waals surface area contributed by atoms with Crippen molar-refractivity contribution in [3.05, 3.63) is 57.8 Å². The van der Waals surface area contributed by atoms with Gasteiger partial charge >= 0.3 is 0 Å². The zero-order valence-electron chi connectivity index (χ0n) is 9.05. The van der Waals surface area contributed by atoms with E-state index in [1.807, 2.05) is 6.07 Å². The monoisotopic (exact) mass is 280 g/mol. The number of nitrogens with one attached hydrogen (secondary N) is 1. The summed E-state index contributed by atoms with van der Waals surface area (Å²) in [6.45, 7) is 0. The highest BCUT2D eigenvalue weighted by Crippen LogP contribution is 2.28. The minimum Gasteiger partial charge on any atom is -0.354 e. The third-order valence-corrected chi connectivity index (χ3v) is 3.04. The second-order valence-corrected chi connectivity index (χ2v) is 4.37. The second-order valence-electron chi connectivity index (χ2n) is 3.56. The first kappa shape index (κ1) is 12.7. The van der Waals surface area contributed by atoms with Crippen LogP contribution in [0.1, 0.15) is 5.56 Å². The maximum absolute atomic E-state index is 13.0. The Hall–Kier alpha value is -1.76. The predicted octanol–water partition coefficient (Wildman–Crippen LogP) is 4.75. The van der Waals surface area contributed by atoms with Crippen LogP contribution in [-0.2, 0) is 0 Å². The Kier molecular flexibility index (Phi) is 3.71. The maximum atomic E-state index is 13.0. The Morgan fingerprint density at radius 3 is 2.50 bits per heavy atom. The minimum atomic E-state index is -0.453. The fourth-order valence-electron chi connectivity index (χ4n) is 1.45. The summed E-state index contributed by atoms with van der Waals surface area (Å²) in [6, 6.07) is 10.9. The molecular weight excluding hydrogens is 274 g/mol. The van der Waals surface area contributed by atoms with E-state index >= 15 is 0 Å². The Morgan fingerprint density at radius 2 is 1.83 bits per heavy atom. The Balaban J connectivity index is 2.34. The van der Waals surface area contributed by atoms with Crippen LogP contribution in [0.4, 0.5) is 15.8 Å². The lowest BCUT2D eigenvalue weighted by Gasteiger charge is -2.09. The molecule has 0 saturated carbocycles. The number of anilines is 2. The molecule has 2 aromatic carbocycles. The average Bonchev–Trinajstić information content (AvgIpc) is 2.36. The highest BCUT2D eigenvalue weighted by molar-refractivity contribution is 6.42. The summed E-state index contributed by atoms with van der Waals surface area (Å²) in [5.41, 5.74) is 1.41. The van der Waals surface area contributed by atoms with Crippen LogP contribution in [0.2, 0.25) is 10.0 Å². The van der Waals surface area contributed by atoms with Crippen LogP contribution in [0.15, 0.2) is 36.4 Å². The average molecular weight is 281 g/mol. The molecule has 0 saturated heterocycles. The van der Waals surface area contributed by atoms with E-state index in [-0.39, 0.29) is 5.56 Å². The lowest BCUT2D eigenvalue weighted by molar-refractivity contribution is 0.627. The third kappa shape index (κ3) is 2.73. The van der Waals surface area contributed by atoms with Crippen molar-refractivity contribution in [2.45, 2.75) is 0 Å². The van der Waals surface area contributed by atoms with E-state index in [0.717, 1.165) is 0 Å². The number of nitriles is 1. The molecule has 0 unspecified atom stereocenters. The second kappa shape index (κ2) is 5.26. The molecule has 0 fully saturated rings. The van der Waals surface area contributed by atoms with Crippen molar-refractivity contribution in [3.8, 4) is 6.07 Å². The van der Waals surface area contributed by atoms with Crippen LogP contribution < -0.4 is 5.32 Å². The molecule has 0 radical (unpaired) electrons. The normalized spacial score (nSPS) is 9.89. The van der Waals surface area contributed by atoms with Gasteiger partial charge in [0.15, 0.2) is 0 Å². The Bertz CT molecular complexity index is 635. The summed E-state index contributed by atoms with van der Waals surface area (Å²) in [7, 11) is 0. The van der Waals surface area contributed by atoms with Gasteiger partial charge in [-0.1, -0.05) is 23.2 Å². The number of nitrogens with zero attached hydrogens (tertiary/aromatic N) is 1. The molecule has 0 aliphatic carbocycles. The van der Waals surface area contributed by atoms with Crippen molar-refractivity contribution in [3.63, 3.8) is 0 Å². The standard InChI is InChI=1S/C13H7Cl2FN2/c14-11-3-2-10(6-12(11)15)18-13-4-1-9(16)5-8(13)7-17/h1-6,18H. The van der Waals surface area contributed by atoms with Gasteiger partial charge in [0.25, 0.3) is 0 Å². The first-order valence-corrected chi connectivity index (χ1v) is 5.77. The maximum Gasteiger partial charge on any atom is 0.124 e. The summed E-state index contributed by atoms with van der Waals surface area (Å²) in [5, 5.41) is 12.8. The molecular formula is C13H7Cl2FN2. The highest BCUT2D eigenvalue weighted by atomic mass is 35.5. The summed E-state index contributed by atoms with van der Waals surface area (Å²) in [6.07, 6.45) is 0. The van der Waals surface area contributed by atoms with Crippen molar-refractivity contribution in [2.24, 2.45) is 0 Å². The summed E-state index contributed by atoms with van der Waals surface area (Å²) >= 11 is 11.7. The minimum absolute atomic E-state index is 0.223. The smallest absolute Gasteiger partial charge is 0.124 e. The van der Waals surface area contributed by atoms with Crippen molar-refractivity contribution in [1.82, 2.24) is 0 Å². The van der Waals surface area contributed by atoms with Gasteiger partial charge in [-0.3, -0.25) is 0 Å². The molecule has 0 heterocycles. The Labute approximate surface area is 114 Å². The van der Waals surface area contributed by atoms with Crippen LogP contribution in [0, 0.1) is 17.1 Å². The molecule has 18 heavy (non-hydrogen) atoms. The molecule has 0 aromatic heterocycles. The van der Waals surface area contributed by atoms with Gasteiger partial charge in [-0.05, 0) is 36.4 Å². The summed E-state index contributed by atoms with van der Waals surface area (Å²) in [5.74, 6) is -0.453. The third-order valence-electron chi connectivity index (χ3n) is 2.30. The largest absolute Gasteiger partial charge is 0.354 e. The van der Waals surface area contributed by atoms with Crippen molar-refractivity contribution in [2.75, 3.05) is 5.32 Å². The number of halogens is 3.